The molecule has 0 heterocycles. The number of nitrogens with two attached hydrogens (primary N) is 1. The minimum atomic E-state index is -0.705. The van der Waals surface area contributed by atoms with E-state index in [-0.39, 0.29) is 0 Å². The molecule has 0 fully saturated rings. The average molecular weight is 219 g/mol. The van der Waals surface area contributed by atoms with Crippen LogP contribution in [0.2, 0.25) is 0 Å². The predicted octanol–water partition coefficient (Wildman–Crippen LogP) is 2.25. The number of hydrogen-bond donors (Lipinski definition) is 2. The van der Waals surface area contributed by atoms with Crippen molar-refractivity contribution in [3.8, 4) is 0 Å². The summed E-state index contributed by atoms with van der Waals surface area (Å²) in [5.74, 6) is 0.685. The third-order valence-corrected chi connectivity index (χ3v) is 4.16. The molecule has 2 nitrogen and oxygen atoms in total. The second kappa shape index (κ2) is 5.99. The minimum Gasteiger partial charge on any atom is -0.389 e. The smallest absolute Gasteiger partial charge is 0.0751 e. The molecule has 0 saturated carbocycles. The van der Waals surface area contributed by atoms with Crippen LogP contribution in [0, 0.1) is 5.92 Å². The first-order chi connectivity index (χ1) is 6.28. The summed E-state index contributed by atoms with van der Waals surface area (Å²) in [6.07, 6.45) is 0.769. The summed E-state index contributed by atoms with van der Waals surface area (Å²) in [4.78, 5) is 0. The summed E-state index contributed by atoms with van der Waals surface area (Å²) < 4.78 is 0. The van der Waals surface area contributed by atoms with Crippen LogP contribution in [0.25, 0.3) is 0 Å². The molecule has 0 amide bonds. The summed E-state index contributed by atoms with van der Waals surface area (Å²) in [6.45, 7) is 11.0. The van der Waals surface area contributed by atoms with Crippen LogP contribution in [0.5, 0.6) is 0 Å². The first-order valence-electron chi connectivity index (χ1n) is 5.36. The van der Waals surface area contributed by atoms with Crippen molar-refractivity contribution < 1.29 is 5.11 Å². The number of hydrogen-bond acceptors (Lipinski definition) is 3. The van der Waals surface area contributed by atoms with Crippen LogP contribution < -0.4 is 5.73 Å². The third-order valence-electron chi connectivity index (χ3n) is 2.55. The Hall–Kier alpha value is 0.270. The summed E-state index contributed by atoms with van der Waals surface area (Å²) in [5.41, 5.74) is 4.78. The van der Waals surface area contributed by atoms with Gasteiger partial charge in [-0.2, -0.15) is 11.8 Å². The van der Waals surface area contributed by atoms with E-state index < -0.39 is 5.60 Å². The van der Waals surface area contributed by atoms with E-state index >= 15 is 0 Å². The molecular formula is C11H25NOS. The standard InChI is InChI=1S/C11H25NOS/c1-8(2)10(4)14-9(3)6-11(5,13)7-12/h8-10,13H,6-7,12H2,1-5H3. The van der Waals surface area contributed by atoms with Crippen LogP contribution >= 0.6 is 11.8 Å². The Morgan fingerprint density at radius 1 is 1.29 bits per heavy atom. The SMILES string of the molecule is CC(CC(C)(O)CN)SC(C)C(C)C. The van der Waals surface area contributed by atoms with Gasteiger partial charge in [-0.15, -0.1) is 0 Å². The molecule has 0 rings (SSSR count). The second-order valence-corrected chi connectivity index (χ2v) is 6.62. The highest BCUT2D eigenvalue weighted by Gasteiger charge is 2.23. The Bertz CT molecular complexity index is 159. The van der Waals surface area contributed by atoms with Gasteiger partial charge in [0.05, 0.1) is 5.60 Å². The summed E-state index contributed by atoms with van der Waals surface area (Å²) in [7, 11) is 0. The Labute approximate surface area is 92.6 Å². The predicted molar refractivity (Wildman–Crippen MR) is 65.6 cm³/mol. The molecule has 3 N–H and O–H groups in total. The van der Waals surface area contributed by atoms with Crippen LogP contribution in [-0.4, -0.2) is 27.8 Å². The summed E-state index contributed by atoms with van der Waals surface area (Å²) in [5, 5.41) is 10.9. The quantitative estimate of drug-likeness (QED) is 0.720. The normalized spacial score (nSPS) is 20.6. The fraction of sp³-hybridized carbons (Fsp3) is 1.00. The van der Waals surface area contributed by atoms with Gasteiger partial charge in [0.25, 0.3) is 0 Å². The molecule has 0 aromatic rings. The van der Waals surface area contributed by atoms with Gasteiger partial charge in [-0.1, -0.05) is 27.7 Å². The molecule has 3 heteroatoms. The number of thioether (sulfide) groups is 1. The molecule has 0 aromatic heterocycles. The van der Waals surface area contributed by atoms with E-state index in [0.717, 1.165) is 6.42 Å². The van der Waals surface area contributed by atoms with E-state index in [1.54, 1.807) is 0 Å². The van der Waals surface area contributed by atoms with Crippen molar-refractivity contribution in [3.05, 3.63) is 0 Å². The molecule has 0 aromatic carbocycles. The van der Waals surface area contributed by atoms with Crippen LogP contribution in [0.15, 0.2) is 0 Å². The van der Waals surface area contributed by atoms with Crippen molar-refractivity contribution in [2.75, 3.05) is 6.54 Å². The Morgan fingerprint density at radius 3 is 2.14 bits per heavy atom. The van der Waals surface area contributed by atoms with E-state index in [0.29, 0.717) is 23.0 Å². The monoisotopic (exact) mass is 219 g/mol. The zero-order chi connectivity index (χ0) is 11.4. The number of aliphatic hydroxyl groups is 1. The number of rotatable bonds is 6. The molecule has 0 radical (unpaired) electrons. The van der Waals surface area contributed by atoms with Crippen LogP contribution in [0.4, 0.5) is 0 Å². The maximum atomic E-state index is 9.81. The van der Waals surface area contributed by atoms with Gasteiger partial charge in [-0.05, 0) is 19.3 Å². The van der Waals surface area contributed by atoms with Crippen molar-refractivity contribution in [3.63, 3.8) is 0 Å². The highest BCUT2D eigenvalue weighted by molar-refractivity contribution is 8.00. The van der Waals surface area contributed by atoms with E-state index in [1.807, 2.05) is 18.7 Å². The van der Waals surface area contributed by atoms with Crippen molar-refractivity contribution in [2.45, 2.75) is 57.1 Å². The zero-order valence-corrected chi connectivity index (χ0v) is 10.9. The van der Waals surface area contributed by atoms with Gasteiger partial charge in [0, 0.05) is 17.0 Å². The summed E-state index contributed by atoms with van der Waals surface area (Å²) in [6, 6.07) is 0. The topological polar surface area (TPSA) is 46.2 Å². The Balaban J connectivity index is 3.92. The van der Waals surface area contributed by atoms with Crippen LogP contribution in [0.1, 0.15) is 41.0 Å². The third kappa shape index (κ3) is 5.89. The van der Waals surface area contributed by atoms with E-state index in [4.69, 9.17) is 5.73 Å². The molecule has 3 unspecified atom stereocenters. The largest absolute Gasteiger partial charge is 0.389 e. The molecule has 86 valence electrons. The lowest BCUT2D eigenvalue weighted by atomic mass is 10.0. The lowest BCUT2D eigenvalue weighted by Crippen LogP contribution is -2.36. The lowest BCUT2D eigenvalue weighted by molar-refractivity contribution is 0.0607. The molecule has 14 heavy (non-hydrogen) atoms. The molecule has 0 spiro atoms. The lowest BCUT2D eigenvalue weighted by Gasteiger charge is -2.27. The maximum absolute atomic E-state index is 9.81. The van der Waals surface area contributed by atoms with Crippen LogP contribution in [0.3, 0.4) is 0 Å². The molecule has 0 saturated heterocycles. The molecule has 3 atom stereocenters. The van der Waals surface area contributed by atoms with Gasteiger partial charge in [0.1, 0.15) is 0 Å². The van der Waals surface area contributed by atoms with Gasteiger partial charge in [0.2, 0.25) is 0 Å². The Kier molecular flexibility index (Phi) is 6.10. The second-order valence-electron chi connectivity index (χ2n) is 4.80. The molecule has 0 aliphatic heterocycles. The molecule has 0 aliphatic carbocycles. The van der Waals surface area contributed by atoms with Gasteiger partial charge in [0.15, 0.2) is 0 Å². The van der Waals surface area contributed by atoms with Crippen molar-refractivity contribution in [1.29, 1.82) is 0 Å². The first-order valence-corrected chi connectivity index (χ1v) is 6.30. The van der Waals surface area contributed by atoms with Gasteiger partial charge in [-0.25, -0.2) is 0 Å². The minimum absolute atomic E-state index is 0.341. The highest BCUT2D eigenvalue weighted by Crippen LogP contribution is 2.28. The maximum Gasteiger partial charge on any atom is 0.0751 e. The van der Waals surface area contributed by atoms with Gasteiger partial charge in [-0.3, -0.25) is 0 Å². The van der Waals surface area contributed by atoms with E-state index in [2.05, 4.69) is 27.7 Å². The van der Waals surface area contributed by atoms with Gasteiger partial charge >= 0.3 is 0 Å². The van der Waals surface area contributed by atoms with Crippen LogP contribution in [-0.2, 0) is 0 Å². The van der Waals surface area contributed by atoms with Crippen molar-refractivity contribution in [1.82, 2.24) is 0 Å². The molecule has 0 bridgehead atoms. The van der Waals surface area contributed by atoms with Gasteiger partial charge < -0.3 is 10.8 Å². The fourth-order valence-electron chi connectivity index (χ4n) is 1.27. The Morgan fingerprint density at radius 2 is 1.79 bits per heavy atom. The first kappa shape index (κ1) is 14.3. The van der Waals surface area contributed by atoms with Crippen molar-refractivity contribution >= 4 is 11.8 Å². The molecular weight excluding hydrogens is 194 g/mol. The fourth-order valence-corrected chi connectivity index (χ4v) is 2.78. The highest BCUT2D eigenvalue weighted by atomic mass is 32.2. The van der Waals surface area contributed by atoms with E-state index in [1.165, 1.54) is 0 Å². The van der Waals surface area contributed by atoms with E-state index in [9.17, 15) is 5.11 Å². The summed E-state index contributed by atoms with van der Waals surface area (Å²) >= 11 is 1.93. The average Bonchev–Trinajstić information content (AvgIpc) is 2.02. The van der Waals surface area contributed by atoms with Crippen molar-refractivity contribution in [2.24, 2.45) is 11.7 Å². The molecule has 0 aliphatic rings. The zero-order valence-electron chi connectivity index (χ0n) is 10.1.